The van der Waals surface area contributed by atoms with Crippen LogP contribution in [0.1, 0.15) is 70.4 Å². The van der Waals surface area contributed by atoms with Crippen molar-refractivity contribution in [2.24, 2.45) is 0 Å². The summed E-state index contributed by atoms with van der Waals surface area (Å²) in [6, 6.07) is 8.59. The summed E-state index contributed by atoms with van der Waals surface area (Å²) in [5.74, 6) is 1.73. The van der Waals surface area contributed by atoms with Gasteiger partial charge in [-0.15, -0.1) is 0 Å². The third-order valence-electron chi connectivity index (χ3n) is 5.46. The van der Waals surface area contributed by atoms with Crippen LogP contribution in [-0.4, -0.2) is 49.6 Å². The third kappa shape index (κ3) is 8.55. The number of aromatic amines is 2. The topological polar surface area (TPSA) is 98.9 Å². The van der Waals surface area contributed by atoms with Crippen molar-refractivity contribution in [1.82, 2.24) is 30.2 Å². The van der Waals surface area contributed by atoms with Gasteiger partial charge in [0.2, 0.25) is 0 Å². The maximum Gasteiger partial charge on any atom is 0.410 e. The minimum absolute atomic E-state index is 0.306. The van der Waals surface area contributed by atoms with Crippen LogP contribution in [0.15, 0.2) is 36.7 Å². The van der Waals surface area contributed by atoms with E-state index in [9.17, 15) is 4.79 Å². The second-order valence-electron chi connectivity index (χ2n) is 9.87. The van der Waals surface area contributed by atoms with E-state index in [1.807, 2.05) is 40.1 Å². The molecule has 1 amide bonds. The molecule has 0 aliphatic heterocycles. The Labute approximate surface area is 208 Å². The first kappa shape index (κ1) is 26.5. The van der Waals surface area contributed by atoms with E-state index in [0.717, 1.165) is 67.4 Å². The van der Waals surface area contributed by atoms with Gasteiger partial charge in [-0.25, -0.2) is 14.8 Å². The van der Waals surface area contributed by atoms with Gasteiger partial charge in [0.15, 0.2) is 0 Å². The molecule has 0 aliphatic rings. The molecule has 8 heteroatoms. The number of hydrogen-bond donors (Lipinski definition) is 3. The molecule has 0 aliphatic carbocycles. The van der Waals surface area contributed by atoms with Gasteiger partial charge in [0.1, 0.15) is 17.2 Å². The zero-order valence-electron chi connectivity index (χ0n) is 21.8. The van der Waals surface area contributed by atoms with Crippen LogP contribution in [0.5, 0.6) is 0 Å². The Bertz CT molecular complexity index is 1050. The summed E-state index contributed by atoms with van der Waals surface area (Å²) in [6.45, 7) is 12.6. The van der Waals surface area contributed by atoms with E-state index in [0.29, 0.717) is 13.1 Å². The van der Waals surface area contributed by atoms with Gasteiger partial charge in [0.25, 0.3) is 0 Å². The Kier molecular flexibility index (Phi) is 9.48. The van der Waals surface area contributed by atoms with Crippen molar-refractivity contribution in [3.63, 3.8) is 0 Å². The molecule has 3 aromatic rings. The van der Waals surface area contributed by atoms with Crippen LogP contribution in [0.2, 0.25) is 0 Å². The van der Waals surface area contributed by atoms with Crippen molar-refractivity contribution in [2.75, 3.05) is 13.1 Å². The van der Waals surface area contributed by atoms with E-state index in [-0.39, 0.29) is 6.09 Å². The summed E-state index contributed by atoms with van der Waals surface area (Å²) in [6.07, 6.45) is 7.17. The zero-order valence-corrected chi connectivity index (χ0v) is 21.8. The van der Waals surface area contributed by atoms with Crippen molar-refractivity contribution < 1.29 is 9.53 Å². The average Bonchev–Trinajstić information content (AvgIpc) is 3.46. The highest BCUT2D eigenvalue weighted by atomic mass is 16.6. The van der Waals surface area contributed by atoms with E-state index >= 15 is 0 Å². The third-order valence-corrected chi connectivity index (χ3v) is 5.46. The number of carbonyl (C=O) groups excluding carboxylic acids is 1. The van der Waals surface area contributed by atoms with Gasteiger partial charge < -0.3 is 24.9 Å². The highest BCUT2D eigenvalue weighted by Gasteiger charge is 2.22. The molecule has 0 spiro atoms. The van der Waals surface area contributed by atoms with Crippen molar-refractivity contribution >= 4 is 6.09 Å². The average molecular weight is 481 g/mol. The van der Waals surface area contributed by atoms with Gasteiger partial charge in [-0.2, -0.15) is 0 Å². The Morgan fingerprint density at radius 3 is 2.43 bits per heavy atom. The Morgan fingerprint density at radius 1 is 1.00 bits per heavy atom. The monoisotopic (exact) mass is 480 g/mol. The number of rotatable bonds is 12. The van der Waals surface area contributed by atoms with Crippen LogP contribution in [0.3, 0.4) is 0 Å². The highest BCUT2D eigenvalue weighted by Crippen LogP contribution is 2.19. The van der Waals surface area contributed by atoms with Crippen molar-refractivity contribution in [3.8, 4) is 11.3 Å². The number of aromatic nitrogens is 4. The van der Waals surface area contributed by atoms with Crippen LogP contribution in [-0.2, 0) is 30.7 Å². The number of carbonyl (C=O) groups is 1. The lowest BCUT2D eigenvalue weighted by Gasteiger charge is -2.26. The normalized spacial score (nSPS) is 11.6. The molecule has 3 N–H and O–H groups in total. The molecule has 0 fully saturated rings. The SMILES string of the molecule is CCCNCc1ncc(-c2ccc(CCc3cnc(CN(CCC)C(=O)OC(C)(C)C)[nH]3)cc2)[nH]1. The minimum Gasteiger partial charge on any atom is -0.444 e. The van der Waals surface area contributed by atoms with Crippen LogP contribution in [0.25, 0.3) is 11.3 Å². The molecule has 2 aromatic heterocycles. The van der Waals surface area contributed by atoms with Crippen molar-refractivity contribution in [3.05, 3.63) is 59.6 Å². The molecule has 0 unspecified atom stereocenters. The number of aryl methyl sites for hydroxylation is 2. The number of H-pyrrole nitrogens is 2. The summed E-state index contributed by atoms with van der Waals surface area (Å²) in [5.41, 5.74) is 3.96. The van der Waals surface area contributed by atoms with E-state index in [1.165, 1.54) is 5.56 Å². The highest BCUT2D eigenvalue weighted by molar-refractivity contribution is 5.68. The molecule has 0 saturated carbocycles. The lowest BCUT2D eigenvalue weighted by molar-refractivity contribution is 0.0229. The summed E-state index contributed by atoms with van der Waals surface area (Å²) < 4.78 is 5.54. The second kappa shape index (κ2) is 12.5. The minimum atomic E-state index is -0.515. The van der Waals surface area contributed by atoms with Crippen molar-refractivity contribution in [1.29, 1.82) is 0 Å². The molecule has 0 bridgehead atoms. The quantitative estimate of drug-likeness (QED) is 0.308. The van der Waals surface area contributed by atoms with E-state index < -0.39 is 5.60 Å². The number of nitrogens with one attached hydrogen (secondary N) is 3. The molecular weight excluding hydrogens is 440 g/mol. The van der Waals surface area contributed by atoms with Crippen LogP contribution < -0.4 is 5.32 Å². The first-order valence-corrected chi connectivity index (χ1v) is 12.6. The molecule has 2 heterocycles. The lowest BCUT2D eigenvalue weighted by Crippen LogP contribution is -2.37. The molecular formula is C27H40N6O2. The summed E-state index contributed by atoms with van der Waals surface area (Å²) in [4.78, 5) is 29.9. The fourth-order valence-electron chi connectivity index (χ4n) is 3.74. The maximum absolute atomic E-state index is 12.5. The predicted molar refractivity (Wildman–Crippen MR) is 139 cm³/mol. The fourth-order valence-corrected chi connectivity index (χ4v) is 3.74. The smallest absolute Gasteiger partial charge is 0.410 e. The number of imidazole rings is 2. The van der Waals surface area contributed by atoms with E-state index in [1.54, 1.807) is 4.90 Å². The molecule has 0 radical (unpaired) electrons. The van der Waals surface area contributed by atoms with Crippen LogP contribution >= 0.6 is 0 Å². The summed E-state index contributed by atoms with van der Waals surface area (Å²) in [5, 5.41) is 3.36. The number of amides is 1. The number of nitrogens with zero attached hydrogens (tertiary/aromatic N) is 3. The standard InChI is InChI=1S/C27H40N6O2/c1-6-14-28-18-24-30-17-23(32-24)21-11-8-20(9-12-21)10-13-22-16-29-25(31-22)19-33(15-7-2)26(34)35-27(3,4)5/h8-9,11-12,16-17,28H,6-7,10,13-15,18-19H2,1-5H3,(H,29,31)(H,30,32). The van der Waals surface area contributed by atoms with E-state index in [4.69, 9.17) is 4.74 Å². The first-order valence-electron chi connectivity index (χ1n) is 12.6. The molecule has 8 nitrogen and oxygen atoms in total. The Balaban J connectivity index is 1.52. The fraction of sp³-hybridized carbons (Fsp3) is 0.519. The number of ether oxygens (including phenoxy) is 1. The second-order valence-corrected chi connectivity index (χ2v) is 9.87. The zero-order chi connectivity index (χ0) is 25.3. The Morgan fingerprint density at radius 2 is 1.74 bits per heavy atom. The Hall–Kier alpha value is -3.13. The van der Waals surface area contributed by atoms with Gasteiger partial charge in [0.05, 0.1) is 25.0 Å². The maximum atomic E-state index is 12.5. The van der Waals surface area contributed by atoms with Crippen LogP contribution in [0.4, 0.5) is 4.79 Å². The molecule has 35 heavy (non-hydrogen) atoms. The lowest BCUT2D eigenvalue weighted by atomic mass is 10.1. The molecule has 0 atom stereocenters. The van der Waals surface area contributed by atoms with Gasteiger partial charge in [0, 0.05) is 18.4 Å². The van der Waals surface area contributed by atoms with Crippen LogP contribution in [0, 0.1) is 0 Å². The first-order chi connectivity index (χ1) is 16.8. The van der Waals surface area contributed by atoms with Gasteiger partial charge in [-0.1, -0.05) is 38.1 Å². The summed E-state index contributed by atoms with van der Waals surface area (Å²) in [7, 11) is 0. The largest absolute Gasteiger partial charge is 0.444 e. The van der Waals surface area contributed by atoms with Crippen molar-refractivity contribution in [2.45, 2.75) is 79.0 Å². The van der Waals surface area contributed by atoms with Gasteiger partial charge in [-0.3, -0.25) is 0 Å². The van der Waals surface area contributed by atoms with Gasteiger partial charge >= 0.3 is 6.09 Å². The molecule has 1 aromatic carbocycles. The molecule has 190 valence electrons. The molecule has 3 rings (SSSR count). The summed E-state index contributed by atoms with van der Waals surface area (Å²) >= 11 is 0. The number of hydrogen-bond acceptors (Lipinski definition) is 5. The number of benzene rings is 1. The van der Waals surface area contributed by atoms with Gasteiger partial charge in [-0.05, 0) is 64.1 Å². The molecule has 0 saturated heterocycles. The van der Waals surface area contributed by atoms with E-state index in [2.05, 4.69) is 56.4 Å². The predicted octanol–water partition coefficient (Wildman–Crippen LogP) is 5.23.